The topological polar surface area (TPSA) is 26.0 Å². The van der Waals surface area contributed by atoms with E-state index in [2.05, 4.69) is 32.0 Å². The van der Waals surface area contributed by atoms with Crippen molar-refractivity contribution in [3.8, 4) is 0 Å². The monoisotopic (exact) mass is 257 g/mol. The smallest absolute Gasteiger partial charge is 0.0323 e. The van der Waals surface area contributed by atoms with Gasteiger partial charge < -0.3 is 5.73 Å². The summed E-state index contributed by atoms with van der Waals surface area (Å²) in [6, 6.07) is 7.26. The molecular formula is C18H27N. The summed E-state index contributed by atoms with van der Waals surface area (Å²) in [7, 11) is 0. The third kappa shape index (κ3) is 2.58. The molecule has 0 aliphatic heterocycles. The Hall–Kier alpha value is -0.820. The van der Waals surface area contributed by atoms with Crippen molar-refractivity contribution in [2.24, 2.45) is 23.5 Å². The molecule has 0 saturated heterocycles. The third-order valence-corrected chi connectivity index (χ3v) is 5.65. The van der Waals surface area contributed by atoms with E-state index in [-0.39, 0.29) is 6.04 Å². The standard InChI is InChI=1S/C18H27N/c1-12-6-7-16(10-13(12)2)18(19)17-9-8-14-4-3-5-15(14)11-17/h8-9,11-13,16,18H,3-7,10,19H2,1-2H3. The molecule has 2 aliphatic rings. The lowest BCUT2D eigenvalue weighted by atomic mass is 9.72. The summed E-state index contributed by atoms with van der Waals surface area (Å²) >= 11 is 0. The first-order valence-corrected chi connectivity index (χ1v) is 8.02. The normalized spacial score (nSPS) is 32.1. The van der Waals surface area contributed by atoms with E-state index in [1.807, 2.05) is 0 Å². The van der Waals surface area contributed by atoms with E-state index in [1.165, 1.54) is 44.1 Å². The summed E-state index contributed by atoms with van der Waals surface area (Å²) in [6.45, 7) is 4.79. The molecule has 3 rings (SSSR count). The number of aryl methyl sites for hydroxylation is 2. The number of benzene rings is 1. The Kier molecular flexibility index (Phi) is 3.66. The SMILES string of the molecule is CC1CCC(C(N)c2ccc3c(c2)CCC3)CC1C. The van der Waals surface area contributed by atoms with Gasteiger partial charge in [-0.3, -0.25) is 0 Å². The van der Waals surface area contributed by atoms with Crippen LogP contribution in [0.15, 0.2) is 18.2 Å². The molecule has 4 atom stereocenters. The molecule has 4 unspecified atom stereocenters. The zero-order valence-corrected chi connectivity index (χ0v) is 12.4. The Morgan fingerprint density at radius 2 is 1.84 bits per heavy atom. The Balaban J connectivity index is 1.75. The predicted molar refractivity (Wildman–Crippen MR) is 81.1 cm³/mol. The molecule has 0 heterocycles. The Morgan fingerprint density at radius 1 is 1.05 bits per heavy atom. The van der Waals surface area contributed by atoms with Crippen molar-refractivity contribution in [1.82, 2.24) is 0 Å². The quantitative estimate of drug-likeness (QED) is 0.842. The van der Waals surface area contributed by atoms with Gasteiger partial charge in [-0.15, -0.1) is 0 Å². The van der Waals surface area contributed by atoms with Crippen LogP contribution in [0.3, 0.4) is 0 Å². The van der Waals surface area contributed by atoms with E-state index in [0.29, 0.717) is 5.92 Å². The van der Waals surface area contributed by atoms with Gasteiger partial charge in [0.2, 0.25) is 0 Å². The summed E-state index contributed by atoms with van der Waals surface area (Å²) in [5.74, 6) is 2.40. The average molecular weight is 257 g/mol. The van der Waals surface area contributed by atoms with E-state index in [0.717, 1.165) is 11.8 Å². The summed E-state index contributed by atoms with van der Waals surface area (Å²) in [6.07, 6.45) is 7.82. The van der Waals surface area contributed by atoms with Crippen LogP contribution in [-0.4, -0.2) is 0 Å². The minimum Gasteiger partial charge on any atom is -0.324 e. The highest BCUT2D eigenvalue weighted by molar-refractivity contribution is 5.36. The average Bonchev–Trinajstić information content (AvgIpc) is 2.88. The lowest BCUT2D eigenvalue weighted by Crippen LogP contribution is -2.29. The van der Waals surface area contributed by atoms with Crippen molar-refractivity contribution < 1.29 is 0 Å². The van der Waals surface area contributed by atoms with Crippen LogP contribution in [0, 0.1) is 17.8 Å². The van der Waals surface area contributed by atoms with E-state index < -0.39 is 0 Å². The molecule has 104 valence electrons. The van der Waals surface area contributed by atoms with Crippen LogP contribution >= 0.6 is 0 Å². The van der Waals surface area contributed by atoms with Gasteiger partial charge in [-0.05, 0) is 66.5 Å². The summed E-state index contributed by atoms with van der Waals surface area (Å²) in [5.41, 5.74) is 11.1. The molecule has 19 heavy (non-hydrogen) atoms. The highest BCUT2D eigenvalue weighted by Crippen LogP contribution is 2.39. The van der Waals surface area contributed by atoms with Crippen molar-refractivity contribution in [2.45, 2.75) is 58.4 Å². The molecular weight excluding hydrogens is 230 g/mol. The van der Waals surface area contributed by atoms with Crippen molar-refractivity contribution in [3.05, 3.63) is 34.9 Å². The second kappa shape index (κ2) is 5.28. The maximum atomic E-state index is 6.57. The second-order valence-electron chi connectivity index (χ2n) is 6.94. The maximum absolute atomic E-state index is 6.57. The summed E-state index contributed by atoms with van der Waals surface area (Å²) in [5, 5.41) is 0. The highest BCUT2D eigenvalue weighted by atomic mass is 14.7. The van der Waals surface area contributed by atoms with Crippen LogP contribution in [0.1, 0.15) is 62.3 Å². The van der Waals surface area contributed by atoms with Crippen LogP contribution in [0.2, 0.25) is 0 Å². The summed E-state index contributed by atoms with van der Waals surface area (Å²) in [4.78, 5) is 0. The minimum atomic E-state index is 0.251. The van der Waals surface area contributed by atoms with E-state index in [1.54, 1.807) is 11.1 Å². The van der Waals surface area contributed by atoms with E-state index in [9.17, 15) is 0 Å². The molecule has 2 N–H and O–H groups in total. The van der Waals surface area contributed by atoms with E-state index >= 15 is 0 Å². The van der Waals surface area contributed by atoms with Gasteiger partial charge in [0.25, 0.3) is 0 Å². The van der Waals surface area contributed by atoms with Gasteiger partial charge >= 0.3 is 0 Å². The van der Waals surface area contributed by atoms with Gasteiger partial charge in [-0.2, -0.15) is 0 Å². The molecule has 1 aromatic rings. The number of hydrogen-bond donors (Lipinski definition) is 1. The van der Waals surface area contributed by atoms with Gasteiger partial charge in [-0.25, -0.2) is 0 Å². The van der Waals surface area contributed by atoms with Crippen molar-refractivity contribution in [1.29, 1.82) is 0 Å². The predicted octanol–water partition coefficient (Wildman–Crippen LogP) is 4.25. The van der Waals surface area contributed by atoms with Crippen LogP contribution < -0.4 is 5.73 Å². The first kappa shape index (κ1) is 13.2. The van der Waals surface area contributed by atoms with Crippen molar-refractivity contribution >= 4 is 0 Å². The van der Waals surface area contributed by atoms with Gasteiger partial charge in [0, 0.05) is 6.04 Å². The molecule has 1 heteroatoms. The second-order valence-corrected chi connectivity index (χ2v) is 6.94. The van der Waals surface area contributed by atoms with Gasteiger partial charge in [0.05, 0.1) is 0 Å². The highest BCUT2D eigenvalue weighted by Gasteiger charge is 2.29. The molecule has 0 radical (unpaired) electrons. The molecule has 1 nitrogen and oxygen atoms in total. The number of fused-ring (bicyclic) bond motifs is 1. The Morgan fingerprint density at radius 3 is 2.63 bits per heavy atom. The first-order valence-electron chi connectivity index (χ1n) is 8.02. The Bertz CT molecular complexity index is 451. The molecule has 1 aromatic carbocycles. The maximum Gasteiger partial charge on any atom is 0.0323 e. The lowest BCUT2D eigenvalue weighted by molar-refractivity contribution is 0.186. The van der Waals surface area contributed by atoms with Crippen LogP contribution in [0.25, 0.3) is 0 Å². The molecule has 0 aromatic heterocycles. The van der Waals surface area contributed by atoms with Gasteiger partial charge in [0.15, 0.2) is 0 Å². The fourth-order valence-corrected chi connectivity index (χ4v) is 3.99. The fraction of sp³-hybridized carbons (Fsp3) is 0.667. The van der Waals surface area contributed by atoms with Crippen LogP contribution in [-0.2, 0) is 12.8 Å². The summed E-state index contributed by atoms with van der Waals surface area (Å²) < 4.78 is 0. The molecule has 2 aliphatic carbocycles. The molecule has 1 saturated carbocycles. The fourth-order valence-electron chi connectivity index (χ4n) is 3.99. The minimum absolute atomic E-state index is 0.251. The zero-order chi connectivity index (χ0) is 13.4. The van der Waals surface area contributed by atoms with Crippen LogP contribution in [0.4, 0.5) is 0 Å². The van der Waals surface area contributed by atoms with Gasteiger partial charge in [0.1, 0.15) is 0 Å². The van der Waals surface area contributed by atoms with Gasteiger partial charge in [-0.1, -0.05) is 38.5 Å². The Labute approximate surface area is 117 Å². The van der Waals surface area contributed by atoms with Crippen molar-refractivity contribution in [2.75, 3.05) is 0 Å². The number of nitrogens with two attached hydrogens (primary N) is 1. The van der Waals surface area contributed by atoms with E-state index in [4.69, 9.17) is 5.73 Å². The third-order valence-electron chi connectivity index (χ3n) is 5.65. The molecule has 0 spiro atoms. The van der Waals surface area contributed by atoms with Crippen molar-refractivity contribution in [3.63, 3.8) is 0 Å². The number of hydrogen-bond acceptors (Lipinski definition) is 1. The first-order chi connectivity index (χ1) is 9.15. The lowest BCUT2D eigenvalue weighted by Gasteiger charge is -2.35. The van der Waals surface area contributed by atoms with Crippen LogP contribution in [0.5, 0.6) is 0 Å². The largest absolute Gasteiger partial charge is 0.324 e. The zero-order valence-electron chi connectivity index (χ0n) is 12.4. The number of rotatable bonds is 2. The molecule has 0 bridgehead atoms. The molecule has 1 fully saturated rings. The molecule has 0 amide bonds.